The molecule has 0 spiro atoms. The Kier molecular flexibility index (Phi) is 7.63. The van der Waals surface area contributed by atoms with Crippen LogP contribution in [0.15, 0.2) is 48.8 Å². The predicted octanol–water partition coefficient (Wildman–Crippen LogP) is 2.63. The molecular formula is C22H32N4O. The van der Waals surface area contributed by atoms with Crippen LogP contribution in [0.1, 0.15) is 18.1 Å². The van der Waals surface area contributed by atoms with Crippen LogP contribution >= 0.6 is 0 Å². The number of hydrogen-bond acceptors (Lipinski definition) is 5. The Balaban J connectivity index is 1.42. The SMILES string of the molecule is CC(CNCc1ccccc1OCc1cccnc1)CN1CCN(C)CC1. The molecule has 0 bridgehead atoms. The Labute approximate surface area is 163 Å². The molecule has 0 aliphatic carbocycles. The van der Waals surface area contributed by atoms with Crippen LogP contribution in [0.25, 0.3) is 0 Å². The third kappa shape index (κ3) is 6.61. The Morgan fingerprint density at radius 3 is 2.70 bits per heavy atom. The summed E-state index contributed by atoms with van der Waals surface area (Å²) in [6.07, 6.45) is 3.63. The van der Waals surface area contributed by atoms with Gasteiger partial charge in [0.2, 0.25) is 0 Å². The van der Waals surface area contributed by atoms with Gasteiger partial charge in [0.25, 0.3) is 0 Å². The van der Waals surface area contributed by atoms with Crippen molar-refractivity contribution in [2.75, 3.05) is 46.3 Å². The lowest BCUT2D eigenvalue weighted by Gasteiger charge is -2.34. The monoisotopic (exact) mass is 368 g/mol. The molecule has 1 aliphatic rings. The molecule has 0 saturated carbocycles. The molecule has 1 N–H and O–H groups in total. The number of aromatic nitrogens is 1. The van der Waals surface area contributed by atoms with Gasteiger partial charge in [0.1, 0.15) is 12.4 Å². The molecule has 1 unspecified atom stereocenters. The van der Waals surface area contributed by atoms with Gasteiger partial charge in [-0.2, -0.15) is 0 Å². The molecule has 0 radical (unpaired) electrons. The van der Waals surface area contributed by atoms with Crippen LogP contribution in [0.5, 0.6) is 5.75 Å². The number of pyridine rings is 1. The smallest absolute Gasteiger partial charge is 0.124 e. The Bertz CT molecular complexity index is 671. The topological polar surface area (TPSA) is 40.6 Å². The van der Waals surface area contributed by atoms with Gasteiger partial charge in [0.05, 0.1) is 0 Å². The van der Waals surface area contributed by atoms with E-state index in [1.807, 2.05) is 30.5 Å². The minimum atomic E-state index is 0.546. The molecule has 1 aliphatic heterocycles. The Morgan fingerprint density at radius 1 is 1.11 bits per heavy atom. The highest BCUT2D eigenvalue weighted by molar-refractivity contribution is 5.33. The molecule has 2 heterocycles. The van der Waals surface area contributed by atoms with Gasteiger partial charge in [-0.15, -0.1) is 0 Å². The van der Waals surface area contributed by atoms with Crippen molar-refractivity contribution >= 4 is 0 Å². The highest BCUT2D eigenvalue weighted by Gasteiger charge is 2.16. The van der Waals surface area contributed by atoms with E-state index in [4.69, 9.17) is 4.74 Å². The average Bonchev–Trinajstić information content (AvgIpc) is 2.70. The van der Waals surface area contributed by atoms with E-state index in [1.54, 1.807) is 6.20 Å². The van der Waals surface area contributed by atoms with Crippen molar-refractivity contribution in [1.82, 2.24) is 20.1 Å². The minimum Gasteiger partial charge on any atom is -0.489 e. The summed E-state index contributed by atoms with van der Waals surface area (Å²) in [6.45, 7) is 10.6. The lowest BCUT2D eigenvalue weighted by Crippen LogP contribution is -2.46. The number of hydrogen-bond donors (Lipinski definition) is 1. The third-order valence-corrected chi connectivity index (χ3v) is 5.06. The summed E-state index contributed by atoms with van der Waals surface area (Å²) in [5, 5.41) is 3.61. The fourth-order valence-corrected chi connectivity index (χ4v) is 3.42. The van der Waals surface area contributed by atoms with E-state index >= 15 is 0 Å². The maximum atomic E-state index is 6.02. The average molecular weight is 369 g/mol. The molecule has 1 aromatic heterocycles. The van der Waals surface area contributed by atoms with Gasteiger partial charge in [-0.05, 0) is 31.6 Å². The van der Waals surface area contributed by atoms with E-state index in [0.29, 0.717) is 12.5 Å². The van der Waals surface area contributed by atoms with E-state index in [2.05, 4.69) is 46.2 Å². The number of nitrogens with one attached hydrogen (secondary N) is 1. The van der Waals surface area contributed by atoms with Gasteiger partial charge < -0.3 is 19.9 Å². The summed E-state index contributed by atoms with van der Waals surface area (Å²) in [4.78, 5) is 9.13. The van der Waals surface area contributed by atoms with Crippen LogP contribution in [0, 0.1) is 5.92 Å². The second kappa shape index (κ2) is 10.4. The lowest BCUT2D eigenvalue weighted by molar-refractivity contribution is 0.138. The van der Waals surface area contributed by atoms with Crippen molar-refractivity contribution < 1.29 is 4.74 Å². The van der Waals surface area contributed by atoms with Gasteiger partial charge in [0, 0.05) is 62.8 Å². The van der Waals surface area contributed by atoms with Crippen molar-refractivity contribution in [3.05, 3.63) is 59.9 Å². The normalized spacial score (nSPS) is 17.0. The standard InChI is InChI=1S/C22H32N4O/c1-19(17-26-12-10-25(2)11-13-26)14-24-16-21-7-3-4-8-22(21)27-18-20-6-5-9-23-15-20/h3-9,15,19,24H,10-14,16-18H2,1-2H3. The van der Waals surface area contributed by atoms with Gasteiger partial charge in [-0.3, -0.25) is 4.98 Å². The van der Waals surface area contributed by atoms with Crippen LogP contribution < -0.4 is 10.1 Å². The number of piperazine rings is 1. The number of likely N-dealkylation sites (N-methyl/N-ethyl adjacent to an activating group) is 1. The van der Waals surface area contributed by atoms with Crippen LogP contribution in [0.2, 0.25) is 0 Å². The van der Waals surface area contributed by atoms with E-state index in [-0.39, 0.29) is 0 Å². The molecule has 146 valence electrons. The van der Waals surface area contributed by atoms with E-state index in [9.17, 15) is 0 Å². The van der Waals surface area contributed by atoms with Gasteiger partial charge in [0.15, 0.2) is 0 Å². The Hall–Kier alpha value is -1.95. The summed E-state index contributed by atoms with van der Waals surface area (Å²) >= 11 is 0. The second-order valence-corrected chi connectivity index (χ2v) is 7.60. The molecule has 5 heteroatoms. The maximum Gasteiger partial charge on any atom is 0.124 e. The summed E-state index contributed by atoms with van der Waals surface area (Å²) in [7, 11) is 2.20. The number of nitrogens with zero attached hydrogens (tertiary/aromatic N) is 3. The largest absolute Gasteiger partial charge is 0.489 e. The van der Waals surface area contributed by atoms with Crippen LogP contribution in [0.3, 0.4) is 0 Å². The highest BCUT2D eigenvalue weighted by atomic mass is 16.5. The van der Waals surface area contributed by atoms with Crippen LogP contribution in [0.4, 0.5) is 0 Å². The molecular weight excluding hydrogens is 336 g/mol. The molecule has 5 nitrogen and oxygen atoms in total. The number of ether oxygens (including phenoxy) is 1. The first-order valence-electron chi connectivity index (χ1n) is 9.92. The molecule has 27 heavy (non-hydrogen) atoms. The number of benzene rings is 1. The molecule has 1 atom stereocenters. The van der Waals surface area contributed by atoms with Crippen molar-refractivity contribution in [1.29, 1.82) is 0 Å². The zero-order chi connectivity index (χ0) is 18.9. The number of rotatable bonds is 9. The first-order valence-corrected chi connectivity index (χ1v) is 9.92. The number of para-hydroxylation sites is 1. The molecule has 1 aromatic carbocycles. The fourth-order valence-electron chi connectivity index (χ4n) is 3.42. The van der Waals surface area contributed by atoms with Crippen LogP contribution in [-0.2, 0) is 13.2 Å². The first kappa shape index (κ1) is 19.8. The third-order valence-electron chi connectivity index (χ3n) is 5.06. The second-order valence-electron chi connectivity index (χ2n) is 7.60. The fraction of sp³-hybridized carbons (Fsp3) is 0.500. The highest BCUT2D eigenvalue weighted by Crippen LogP contribution is 2.19. The quantitative estimate of drug-likeness (QED) is 0.737. The zero-order valence-electron chi connectivity index (χ0n) is 16.6. The Morgan fingerprint density at radius 2 is 1.93 bits per heavy atom. The van der Waals surface area contributed by atoms with Gasteiger partial charge in [-0.1, -0.05) is 31.2 Å². The predicted molar refractivity (Wildman–Crippen MR) is 110 cm³/mol. The molecule has 3 rings (SSSR count). The molecule has 1 saturated heterocycles. The maximum absolute atomic E-state index is 6.02. The van der Waals surface area contributed by atoms with Crippen molar-refractivity contribution in [3.63, 3.8) is 0 Å². The summed E-state index contributed by atoms with van der Waals surface area (Å²) in [5.74, 6) is 1.58. The molecule has 0 amide bonds. The van der Waals surface area contributed by atoms with E-state index in [1.165, 1.54) is 38.3 Å². The van der Waals surface area contributed by atoms with E-state index < -0.39 is 0 Å². The van der Waals surface area contributed by atoms with Crippen molar-refractivity contribution in [2.45, 2.75) is 20.1 Å². The molecule has 1 fully saturated rings. The first-order chi connectivity index (χ1) is 13.2. The van der Waals surface area contributed by atoms with Gasteiger partial charge in [-0.25, -0.2) is 0 Å². The zero-order valence-corrected chi connectivity index (χ0v) is 16.6. The summed E-state index contributed by atoms with van der Waals surface area (Å²) in [6, 6.07) is 12.2. The van der Waals surface area contributed by atoms with Crippen LogP contribution in [-0.4, -0.2) is 61.1 Å². The van der Waals surface area contributed by atoms with Crippen molar-refractivity contribution in [2.24, 2.45) is 5.92 Å². The minimum absolute atomic E-state index is 0.546. The van der Waals surface area contributed by atoms with Gasteiger partial charge >= 0.3 is 0 Å². The molecule has 2 aromatic rings. The van der Waals surface area contributed by atoms with Crippen molar-refractivity contribution in [3.8, 4) is 5.75 Å². The summed E-state index contributed by atoms with van der Waals surface area (Å²) in [5.41, 5.74) is 2.29. The summed E-state index contributed by atoms with van der Waals surface area (Å²) < 4.78 is 6.02. The van der Waals surface area contributed by atoms with E-state index in [0.717, 1.165) is 24.4 Å². The lowest BCUT2D eigenvalue weighted by atomic mass is 10.1.